The van der Waals surface area contributed by atoms with Gasteiger partial charge in [0.05, 0.1) is 0 Å². The highest BCUT2D eigenvalue weighted by atomic mass is 127. The highest BCUT2D eigenvalue weighted by Crippen LogP contribution is 2.27. The molecule has 1 aromatic carbocycles. The number of nitrogens with one attached hydrogen (secondary N) is 3. The Labute approximate surface area is 165 Å². The van der Waals surface area contributed by atoms with Crippen LogP contribution in [0.25, 0.3) is 0 Å². The summed E-state index contributed by atoms with van der Waals surface area (Å²) in [6.45, 7) is 2.92. The van der Waals surface area contributed by atoms with E-state index in [4.69, 9.17) is 0 Å². The van der Waals surface area contributed by atoms with Gasteiger partial charge in [0.15, 0.2) is 5.96 Å². The molecule has 1 saturated carbocycles. The van der Waals surface area contributed by atoms with Crippen molar-refractivity contribution in [1.82, 2.24) is 10.6 Å². The van der Waals surface area contributed by atoms with Crippen molar-refractivity contribution in [2.24, 2.45) is 4.99 Å². The average Bonchev–Trinajstić information content (AvgIpc) is 3.01. The zero-order chi connectivity index (χ0) is 16.5. The van der Waals surface area contributed by atoms with E-state index in [0.29, 0.717) is 6.04 Å². The fourth-order valence-electron chi connectivity index (χ4n) is 2.67. The number of amides is 1. The highest BCUT2D eigenvalue weighted by Gasteiger charge is 2.24. The zero-order valence-corrected chi connectivity index (χ0v) is 17.4. The Morgan fingerprint density at radius 1 is 1.29 bits per heavy atom. The minimum atomic E-state index is -0.109. The summed E-state index contributed by atoms with van der Waals surface area (Å²) in [4.78, 5) is 16.4. The van der Waals surface area contributed by atoms with Gasteiger partial charge in [0.25, 0.3) is 0 Å². The molecular weight excluding hydrogens is 435 g/mol. The number of para-hydroxylation sites is 1. The first-order chi connectivity index (χ1) is 11.2. The Morgan fingerprint density at radius 3 is 2.67 bits per heavy atom. The molecule has 1 aliphatic carbocycles. The van der Waals surface area contributed by atoms with Crippen LogP contribution >= 0.6 is 35.7 Å². The van der Waals surface area contributed by atoms with Gasteiger partial charge >= 0.3 is 0 Å². The van der Waals surface area contributed by atoms with Gasteiger partial charge in [-0.2, -0.15) is 11.8 Å². The second-order valence-electron chi connectivity index (χ2n) is 5.62. The van der Waals surface area contributed by atoms with Crippen molar-refractivity contribution in [2.45, 2.75) is 37.5 Å². The number of aliphatic imine (C=N–C) groups is 1. The van der Waals surface area contributed by atoms with E-state index < -0.39 is 0 Å². The lowest BCUT2D eigenvalue weighted by Gasteiger charge is -2.17. The summed E-state index contributed by atoms with van der Waals surface area (Å²) in [5.74, 6) is 0.615. The summed E-state index contributed by atoms with van der Waals surface area (Å²) in [5, 5.41) is 10.2. The molecule has 1 fully saturated rings. The van der Waals surface area contributed by atoms with E-state index in [9.17, 15) is 4.79 Å². The highest BCUT2D eigenvalue weighted by molar-refractivity contribution is 14.0. The van der Waals surface area contributed by atoms with Crippen LogP contribution in [0.1, 0.15) is 26.2 Å². The van der Waals surface area contributed by atoms with Gasteiger partial charge in [-0.05, 0) is 44.6 Å². The second kappa shape index (κ2) is 11.6. The lowest BCUT2D eigenvalue weighted by atomic mass is 10.2. The van der Waals surface area contributed by atoms with Crippen LogP contribution in [0.2, 0.25) is 0 Å². The molecule has 24 heavy (non-hydrogen) atoms. The van der Waals surface area contributed by atoms with Gasteiger partial charge in [-0.3, -0.25) is 4.79 Å². The van der Waals surface area contributed by atoms with E-state index in [0.717, 1.165) is 36.3 Å². The molecule has 3 N–H and O–H groups in total. The Kier molecular flexibility index (Phi) is 10.2. The lowest BCUT2D eigenvalue weighted by molar-refractivity contribution is -0.114. The van der Waals surface area contributed by atoms with E-state index in [1.807, 2.05) is 49.0 Å². The van der Waals surface area contributed by atoms with Crippen LogP contribution in [0.3, 0.4) is 0 Å². The fourth-order valence-corrected chi connectivity index (χ4v) is 3.47. The first-order valence-corrected chi connectivity index (χ1v) is 9.42. The number of hydrogen-bond acceptors (Lipinski definition) is 3. The number of halogens is 1. The topological polar surface area (TPSA) is 65.5 Å². The SMILES string of the molecule is CCNC(=NCC(=O)Nc1ccccc1)NC1CCC(SC)C1.I. The molecule has 0 bridgehead atoms. The maximum atomic E-state index is 12.0. The summed E-state index contributed by atoms with van der Waals surface area (Å²) in [6.07, 6.45) is 5.72. The quantitative estimate of drug-likeness (QED) is 0.346. The van der Waals surface area contributed by atoms with Crippen LogP contribution in [-0.2, 0) is 4.79 Å². The second-order valence-corrected chi connectivity index (χ2v) is 6.76. The molecular formula is C17H27IN4OS. The minimum Gasteiger partial charge on any atom is -0.357 e. The van der Waals surface area contributed by atoms with Crippen molar-refractivity contribution in [3.63, 3.8) is 0 Å². The van der Waals surface area contributed by atoms with Crippen LogP contribution in [0.15, 0.2) is 35.3 Å². The molecule has 1 aliphatic rings. The molecule has 0 aromatic heterocycles. The van der Waals surface area contributed by atoms with Gasteiger partial charge in [-0.15, -0.1) is 24.0 Å². The molecule has 0 heterocycles. The number of nitrogens with zero attached hydrogens (tertiary/aromatic N) is 1. The Balaban J connectivity index is 0.00000288. The molecule has 0 spiro atoms. The molecule has 5 nitrogen and oxygen atoms in total. The van der Waals surface area contributed by atoms with E-state index >= 15 is 0 Å². The predicted octanol–water partition coefficient (Wildman–Crippen LogP) is 3.08. The summed E-state index contributed by atoms with van der Waals surface area (Å²) in [6, 6.07) is 9.89. The zero-order valence-electron chi connectivity index (χ0n) is 14.2. The third-order valence-electron chi connectivity index (χ3n) is 3.84. The van der Waals surface area contributed by atoms with Crippen molar-refractivity contribution in [3.8, 4) is 0 Å². The smallest absolute Gasteiger partial charge is 0.246 e. The number of thioether (sulfide) groups is 1. The fraction of sp³-hybridized carbons (Fsp3) is 0.529. The van der Waals surface area contributed by atoms with Crippen molar-refractivity contribution in [3.05, 3.63) is 30.3 Å². The van der Waals surface area contributed by atoms with Crippen LogP contribution in [0.4, 0.5) is 5.69 Å². The van der Waals surface area contributed by atoms with Crippen LogP contribution in [0.5, 0.6) is 0 Å². The van der Waals surface area contributed by atoms with Gasteiger partial charge < -0.3 is 16.0 Å². The first kappa shape index (κ1) is 21.1. The third kappa shape index (κ3) is 7.29. The summed E-state index contributed by atoms with van der Waals surface area (Å²) in [7, 11) is 0. The minimum absolute atomic E-state index is 0. The van der Waals surface area contributed by atoms with Crippen molar-refractivity contribution in [1.29, 1.82) is 0 Å². The number of anilines is 1. The van der Waals surface area contributed by atoms with Gasteiger partial charge in [-0.1, -0.05) is 18.2 Å². The summed E-state index contributed by atoms with van der Waals surface area (Å²) < 4.78 is 0. The number of carbonyl (C=O) groups excluding carboxylic acids is 1. The number of benzene rings is 1. The number of carbonyl (C=O) groups is 1. The monoisotopic (exact) mass is 462 g/mol. The Morgan fingerprint density at radius 2 is 2.04 bits per heavy atom. The molecule has 2 rings (SSSR count). The number of rotatable bonds is 6. The number of guanidine groups is 1. The van der Waals surface area contributed by atoms with E-state index in [1.54, 1.807) is 0 Å². The molecule has 0 aliphatic heterocycles. The molecule has 7 heteroatoms. The van der Waals surface area contributed by atoms with Crippen molar-refractivity contribution >= 4 is 53.3 Å². The largest absolute Gasteiger partial charge is 0.357 e. The van der Waals surface area contributed by atoms with Crippen molar-refractivity contribution in [2.75, 3.05) is 24.7 Å². The molecule has 0 saturated heterocycles. The van der Waals surface area contributed by atoms with E-state index in [1.165, 1.54) is 6.42 Å². The maximum Gasteiger partial charge on any atom is 0.246 e. The van der Waals surface area contributed by atoms with Crippen molar-refractivity contribution < 1.29 is 4.79 Å². The predicted molar refractivity (Wildman–Crippen MR) is 115 cm³/mol. The molecule has 1 amide bonds. The molecule has 0 radical (unpaired) electrons. The molecule has 1 aromatic rings. The van der Waals surface area contributed by atoms with Crippen LogP contribution in [-0.4, -0.2) is 42.5 Å². The average molecular weight is 462 g/mol. The number of hydrogen-bond donors (Lipinski definition) is 3. The standard InChI is InChI=1S/C17H26N4OS.HI/c1-3-18-17(21-14-9-10-15(11-14)23-2)19-12-16(22)20-13-7-5-4-6-8-13;/h4-8,14-15H,3,9-12H2,1-2H3,(H,20,22)(H2,18,19,21);1H. The van der Waals surface area contributed by atoms with Crippen LogP contribution < -0.4 is 16.0 Å². The van der Waals surface area contributed by atoms with Gasteiger partial charge in [0, 0.05) is 23.5 Å². The Hall–Kier alpha value is -0.960. The van der Waals surface area contributed by atoms with Gasteiger partial charge in [-0.25, -0.2) is 4.99 Å². The van der Waals surface area contributed by atoms with Crippen LogP contribution in [0, 0.1) is 0 Å². The van der Waals surface area contributed by atoms with E-state index in [-0.39, 0.29) is 36.4 Å². The first-order valence-electron chi connectivity index (χ1n) is 8.13. The summed E-state index contributed by atoms with van der Waals surface area (Å²) in [5.41, 5.74) is 0.796. The Bertz CT molecular complexity index is 527. The molecule has 134 valence electrons. The van der Waals surface area contributed by atoms with Gasteiger partial charge in [0.2, 0.25) is 5.91 Å². The molecule has 2 unspecified atom stereocenters. The van der Waals surface area contributed by atoms with Gasteiger partial charge in [0.1, 0.15) is 6.54 Å². The summed E-state index contributed by atoms with van der Waals surface area (Å²) >= 11 is 1.93. The molecule has 2 atom stereocenters. The lowest BCUT2D eigenvalue weighted by Crippen LogP contribution is -2.43. The maximum absolute atomic E-state index is 12.0. The third-order valence-corrected chi connectivity index (χ3v) is 4.94. The van der Waals surface area contributed by atoms with E-state index in [2.05, 4.69) is 27.2 Å². The normalized spacial score (nSPS) is 20.2.